The molecule has 0 fully saturated rings. The predicted octanol–water partition coefficient (Wildman–Crippen LogP) is -1.13. The molecule has 0 heterocycles. The van der Waals surface area contributed by atoms with E-state index in [9.17, 15) is 0 Å². The molecule has 0 nitrogen and oxygen atoms in total. The third kappa shape index (κ3) is 8.82. The van der Waals surface area contributed by atoms with Crippen LogP contribution in [0.15, 0.2) is 0 Å². The molecule has 0 bridgehead atoms. The molecule has 0 amide bonds. The molecule has 0 aromatic heterocycles. The van der Waals surface area contributed by atoms with E-state index in [4.69, 9.17) is 0 Å². The minimum absolute atomic E-state index is 0. The van der Waals surface area contributed by atoms with Gasteiger partial charge in [-0.1, -0.05) is 0 Å². The molecule has 0 aromatic rings. The quantitative estimate of drug-likeness (QED) is 0.383. The Labute approximate surface area is 67.1 Å². The summed E-state index contributed by atoms with van der Waals surface area (Å²) in [6.07, 6.45) is 0. The summed E-state index contributed by atoms with van der Waals surface area (Å²) in [4.78, 5) is 0. The standard InChI is InChI=1S/Co.H2P.Sn.Ti.4H/h;1H2;;;;;;/q;-1;;+1;;;;. The third-order valence-corrected chi connectivity index (χ3v) is 0. The molecule has 0 aromatic carbocycles. The van der Waals surface area contributed by atoms with Gasteiger partial charge < -0.3 is 0 Å². The van der Waals surface area contributed by atoms with Gasteiger partial charge in [0.05, 0.1) is 0 Å². The van der Waals surface area contributed by atoms with Gasteiger partial charge in [-0.15, -0.1) is 0 Å². The van der Waals surface area contributed by atoms with Crippen molar-refractivity contribution in [1.29, 1.82) is 0 Å². The summed E-state index contributed by atoms with van der Waals surface area (Å²) in [5.41, 5.74) is 0. The first-order chi connectivity index (χ1) is 1.00. The van der Waals surface area contributed by atoms with E-state index in [1.54, 1.807) is 0 Å². The van der Waals surface area contributed by atoms with E-state index in [1.807, 2.05) is 19.9 Å². The Morgan fingerprint density at radius 3 is 1.25 bits per heavy atom. The zero-order valence-electron chi connectivity index (χ0n) is 1.41. The zero-order valence-corrected chi connectivity index (χ0v) is 5.17. The van der Waals surface area contributed by atoms with Crippen LogP contribution in [0.2, 0.25) is 0 Å². The molecule has 1 unspecified atom stereocenters. The second kappa shape index (κ2) is 18.0. The van der Waals surface area contributed by atoms with Gasteiger partial charge in [-0.2, -0.15) is 0 Å². The van der Waals surface area contributed by atoms with Crippen molar-refractivity contribution in [2.75, 3.05) is 0 Å². The van der Waals surface area contributed by atoms with Crippen LogP contribution < -0.4 is 0 Å². The van der Waals surface area contributed by atoms with E-state index in [2.05, 4.69) is 7.23 Å². The van der Waals surface area contributed by atoms with Crippen LogP contribution in [-0.2, 0) is 36.7 Å². The van der Waals surface area contributed by atoms with Gasteiger partial charge in [0.2, 0.25) is 0 Å². The van der Waals surface area contributed by atoms with Gasteiger partial charge in [0.1, 0.15) is 0 Å². The Balaban J connectivity index is -0.00000000500. The molecule has 4 heavy (non-hydrogen) atoms. The van der Waals surface area contributed by atoms with Crippen molar-refractivity contribution < 1.29 is 36.7 Å². The third-order valence-electron chi connectivity index (χ3n) is 0. The van der Waals surface area contributed by atoms with Crippen molar-refractivity contribution in [2.45, 2.75) is 0 Å². The van der Waals surface area contributed by atoms with Crippen LogP contribution in [-0.4, -0.2) is 23.9 Å². The van der Waals surface area contributed by atoms with E-state index >= 15 is 0 Å². The molecule has 0 saturated carbocycles. The summed E-state index contributed by atoms with van der Waals surface area (Å²) in [6.45, 7) is 0. The van der Waals surface area contributed by atoms with Gasteiger partial charge in [-0.3, -0.25) is 0 Å². The van der Waals surface area contributed by atoms with Crippen LogP contribution >= 0.6 is 7.23 Å². The summed E-state index contributed by atoms with van der Waals surface area (Å²) in [7, 11) is 2.42. The molecule has 0 aliphatic heterocycles. The Morgan fingerprint density at radius 2 is 1.25 bits per heavy atom. The first kappa shape index (κ1) is 16.1. The molecular weight excluding hydrogens is 256 g/mol. The average Bonchev–Trinajstić information content (AvgIpc) is 1.00. The molecule has 0 rings (SSSR count). The molecule has 1 radical (unpaired) electrons. The molecule has 0 N–H and O–H groups in total. The first-order valence-electron chi connectivity index (χ1n) is 0.289. The topological polar surface area (TPSA) is 0 Å². The fraction of sp³-hybridized carbons (Fsp3) is 0. The van der Waals surface area contributed by atoms with Crippen molar-refractivity contribution in [1.82, 2.24) is 0 Å². The second-order valence-electron chi connectivity index (χ2n) is 0. The van der Waals surface area contributed by atoms with E-state index in [-0.39, 0.29) is 40.7 Å². The predicted molar refractivity (Wildman–Crippen MR) is 21.0 cm³/mol. The van der Waals surface area contributed by atoms with Gasteiger partial charge in [0, 0.05) is 16.8 Å². The Morgan fingerprint density at radius 1 is 1.25 bits per heavy atom. The molecular formula is H6CoPSnTi. The van der Waals surface area contributed by atoms with Crippen LogP contribution in [0.4, 0.5) is 0 Å². The SMILES string of the molecule is [Co].[PH2][Ti].[SnH4]. The van der Waals surface area contributed by atoms with Crippen molar-refractivity contribution >= 4 is 31.1 Å². The normalized spacial score (nSPS) is 1.00. The molecule has 0 saturated heterocycles. The Hall–Kier alpha value is 2.45. The van der Waals surface area contributed by atoms with Crippen LogP contribution in [0.1, 0.15) is 0 Å². The summed E-state index contributed by atoms with van der Waals surface area (Å²) < 4.78 is 0. The maximum atomic E-state index is 2.42. The summed E-state index contributed by atoms with van der Waals surface area (Å²) in [5, 5.41) is 0. The minimum atomic E-state index is 0. The van der Waals surface area contributed by atoms with Crippen molar-refractivity contribution in [3.05, 3.63) is 0 Å². The van der Waals surface area contributed by atoms with E-state index in [1.165, 1.54) is 0 Å². The zero-order chi connectivity index (χ0) is 2.00. The molecule has 0 spiro atoms. The molecule has 4 heteroatoms. The number of hydrogen-bond donors (Lipinski definition) is 0. The van der Waals surface area contributed by atoms with Gasteiger partial charge in [-0.05, 0) is 0 Å². The van der Waals surface area contributed by atoms with Crippen LogP contribution in [0, 0.1) is 0 Å². The van der Waals surface area contributed by atoms with Crippen molar-refractivity contribution in [3.63, 3.8) is 0 Å². The fourth-order valence-electron chi connectivity index (χ4n) is 0. The van der Waals surface area contributed by atoms with Crippen LogP contribution in [0.5, 0.6) is 0 Å². The molecule has 28 valence electrons. The first-order valence-corrected chi connectivity index (χ1v) is 3.57. The van der Waals surface area contributed by atoms with Crippen molar-refractivity contribution in [2.24, 2.45) is 0 Å². The fourth-order valence-corrected chi connectivity index (χ4v) is 0. The van der Waals surface area contributed by atoms with E-state index in [0.29, 0.717) is 0 Å². The van der Waals surface area contributed by atoms with Gasteiger partial charge in [0.25, 0.3) is 0 Å². The Bertz CT molecular complexity index is 8.00. The molecule has 0 aliphatic rings. The van der Waals surface area contributed by atoms with Crippen molar-refractivity contribution in [3.8, 4) is 0 Å². The van der Waals surface area contributed by atoms with Gasteiger partial charge in [0.15, 0.2) is 0 Å². The average molecular weight is 263 g/mol. The summed E-state index contributed by atoms with van der Waals surface area (Å²) >= 11 is 1.92. The maximum absolute atomic E-state index is 2.42. The van der Waals surface area contributed by atoms with E-state index in [0.717, 1.165) is 0 Å². The summed E-state index contributed by atoms with van der Waals surface area (Å²) in [6, 6.07) is 0. The second-order valence-corrected chi connectivity index (χ2v) is 0. The van der Waals surface area contributed by atoms with Crippen LogP contribution in [0.25, 0.3) is 0 Å². The van der Waals surface area contributed by atoms with Crippen LogP contribution in [0.3, 0.4) is 0 Å². The number of hydrogen-bond acceptors (Lipinski definition) is 0. The van der Waals surface area contributed by atoms with Gasteiger partial charge in [-0.25, -0.2) is 0 Å². The van der Waals surface area contributed by atoms with E-state index < -0.39 is 0 Å². The van der Waals surface area contributed by atoms with Gasteiger partial charge >= 0.3 is 51.1 Å². The molecule has 0 aliphatic carbocycles. The number of rotatable bonds is 0. The molecule has 1 atom stereocenters. The Kier molecular flexibility index (Phi) is 72.4. The summed E-state index contributed by atoms with van der Waals surface area (Å²) in [5.74, 6) is 0. The monoisotopic (exact) mass is 264 g/mol.